The molecule has 2 aromatic carbocycles. The number of nitrogens with one attached hydrogen (secondary N) is 3. The van der Waals surface area contributed by atoms with Gasteiger partial charge in [0, 0.05) is 24.2 Å². The van der Waals surface area contributed by atoms with E-state index in [4.69, 9.17) is 17.0 Å². The second-order valence-electron chi connectivity index (χ2n) is 6.79. The first kappa shape index (κ1) is 24.0. The molecule has 0 saturated heterocycles. The lowest BCUT2D eigenvalue weighted by molar-refractivity contribution is -0.145. The first-order valence-corrected chi connectivity index (χ1v) is 10.6. The predicted molar refractivity (Wildman–Crippen MR) is 125 cm³/mol. The third kappa shape index (κ3) is 9.86. The molecule has 0 atom stereocenters. The highest BCUT2D eigenvalue weighted by atomic mass is 32.1. The van der Waals surface area contributed by atoms with Crippen LogP contribution in [-0.4, -0.2) is 29.5 Å². The molecule has 7 nitrogen and oxygen atoms in total. The van der Waals surface area contributed by atoms with Crippen molar-refractivity contribution in [3.8, 4) is 0 Å². The zero-order valence-electron chi connectivity index (χ0n) is 17.5. The van der Waals surface area contributed by atoms with Crippen molar-refractivity contribution >= 4 is 46.5 Å². The Kier molecular flexibility index (Phi) is 10.2. The minimum atomic E-state index is -0.415. The summed E-state index contributed by atoms with van der Waals surface area (Å²) in [4.78, 5) is 35.3. The summed E-state index contributed by atoms with van der Waals surface area (Å²) in [5.74, 6) is -0.893. The topological polar surface area (TPSA) is 96.5 Å². The number of anilines is 2. The van der Waals surface area contributed by atoms with E-state index < -0.39 is 5.97 Å². The molecule has 0 aliphatic heterocycles. The smallest absolute Gasteiger partial charge is 0.306 e. The summed E-state index contributed by atoms with van der Waals surface area (Å²) in [5.41, 5.74) is 2.44. The van der Waals surface area contributed by atoms with Crippen molar-refractivity contribution in [3.05, 3.63) is 60.2 Å². The lowest BCUT2D eigenvalue weighted by Crippen LogP contribution is -2.34. The number of carbonyl (C=O) groups is 3. The first-order valence-electron chi connectivity index (χ1n) is 10.2. The van der Waals surface area contributed by atoms with Crippen molar-refractivity contribution in [2.75, 3.05) is 17.2 Å². The fourth-order valence-electron chi connectivity index (χ4n) is 2.67. The summed E-state index contributed by atoms with van der Waals surface area (Å²) in [6.07, 6.45) is 1.90. The van der Waals surface area contributed by atoms with E-state index in [0.717, 1.165) is 12.8 Å². The Morgan fingerprint density at radius 3 is 2.32 bits per heavy atom. The SMILES string of the molecule is CCC(=O)Nc1cccc(NC(=S)NC(=O)CCC(=O)OCCCc2ccccc2)c1. The number of thiocarbonyl (C=S) groups is 1. The second kappa shape index (κ2) is 13.1. The number of hydrogen-bond donors (Lipinski definition) is 3. The standard InChI is InChI=1S/C23H27N3O4S/c1-2-20(27)24-18-11-6-12-19(16-18)25-23(31)26-21(28)13-14-22(29)30-15-7-10-17-8-4-3-5-9-17/h3-6,8-9,11-12,16H,2,7,10,13-15H2,1H3,(H,24,27)(H2,25,26,28,31). The van der Waals surface area contributed by atoms with E-state index >= 15 is 0 Å². The molecule has 0 spiro atoms. The quantitative estimate of drug-likeness (QED) is 0.295. The Balaban J connectivity index is 1.64. The third-order valence-corrected chi connectivity index (χ3v) is 4.45. The molecule has 2 aromatic rings. The van der Waals surface area contributed by atoms with Crippen molar-refractivity contribution in [3.63, 3.8) is 0 Å². The number of aryl methyl sites for hydroxylation is 1. The van der Waals surface area contributed by atoms with Crippen LogP contribution in [0.5, 0.6) is 0 Å². The van der Waals surface area contributed by atoms with E-state index in [1.807, 2.05) is 30.3 Å². The van der Waals surface area contributed by atoms with Crippen LogP contribution in [0, 0.1) is 0 Å². The van der Waals surface area contributed by atoms with Gasteiger partial charge >= 0.3 is 5.97 Å². The molecule has 8 heteroatoms. The number of carbonyl (C=O) groups excluding carboxylic acids is 3. The van der Waals surface area contributed by atoms with Crippen LogP contribution in [0.3, 0.4) is 0 Å². The van der Waals surface area contributed by atoms with Crippen molar-refractivity contribution in [1.29, 1.82) is 0 Å². The van der Waals surface area contributed by atoms with Crippen LogP contribution in [0.15, 0.2) is 54.6 Å². The molecule has 0 aromatic heterocycles. The van der Waals surface area contributed by atoms with E-state index in [-0.39, 0.29) is 29.8 Å². The van der Waals surface area contributed by atoms with Gasteiger partial charge in [-0.05, 0) is 48.8 Å². The molecular weight excluding hydrogens is 414 g/mol. The highest BCUT2D eigenvalue weighted by molar-refractivity contribution is 7.80. The summed E-state index contributed by atoms with van der Waals surface area (Å²) in [7, 11) is 0. The third-order valence-electron chi connectivity index (χ3n) is 4.25. The van der Waals surface area contributed by atoms with Crippen LogP contribution in [0.25, 0.3) is 0 Å². The predicted octanol–water partition coefficient (Wildman–Crippen LogP) is 3.80. The summed E-state index contributed by atoms with van der Waals surface area (Å²) < 4.78 is 5.17. The Bertz CT molecular complexity index is 903. The number of esters is 1. The summed E-state index contributed by atoms with van der Waals surface area (Å²) in [6, 6.07) is 16.9. The fraction of sp³-hybridized carbons (Fsp3) is 0.304. The second-order valence-corrected chi connectivity index (χ2v) is 7.20. The zero-order valence-corrected chi connectivity index (χ0v) is 18.3. The summed E-state index contributed by atoms with van der Waals surface area (Å²) >= 11 is 5.13. The van der Waals surface area contributed by atoms with Crippen molar-refractivity contribution < 1.29 is 19.1 Å². The van der Waals surface area contributed by atoms with Gasteiger partial charge < -0.3 is 20.7 Å². The molecule has 0 aliphatic rings. The van der Waals surface area contributed by atoms with E-state index in [1.54, 1.807) is 31.2 Å². The summed E-state index contributed by atoms with van der Waals surface area (Å²) in [5, 5.41) is 8.27. The minimum absolute atomic E-state index is 0.0156. The average molecular weight is 442 g/mol. The van der Waals surface area contributed by atoms with Crippen molar-refractivity contribution in [1.82, 2.24) is 5.32 Å². The van der Waals surface area contributed by atoms with Crippen molar-refractivity contribution in [2.45, 2.75) is 39.0 Å². The Hall–Kier alpha value is -3.26. The monoisotopic (exact) mass is 441 g/mol. The number of ether oxygens (including phenoxy) is 1. The van der Waals surface area contributed by atoms with E-state index in [2.05, 4.69) is 16.0 Å². The lowest BCUT2D eigenvalue weighted by Gasteiger charge is -2.11. The Morgan fingerprint density at radius 1 is 0.903 bits per heavy atom. The molecule has 164 valence electrons. The molecular formula is C23H27N3O4S. The molecule has 0 heterocycles. The van der Waals surface area contributed by atoms with Crippen molar-refractivity contribution in [2.24, 2.45) is 0 Å². The van der Waals surface area contributed by atoms with Crippen LogP contribution in [0.4, 0.5) is 11.4 Å². The average Bonchev–Trinajstić information content (AvgIpc) is 2.76. The molecule has 0 aliphatic carbocycles. The van der Waals surface area contributed by atoms with Gasteiger partial charge in [-0.3, -0.25) is 14.4 Å². The maximum Gasteiger partial charge on any atom is 0.306 e. The van der Waals surface area contributed by atoms with Crippen LogP contribution in [0.2, 0.25) is 0 Å². The van der Waals surface area contributed by atoms with Gasteiger partial charge in [0.05, 0.1) is 13.0 Å². The molecule has 0 bridgehead atoms. The molecule has 0 fully saturated rings. The van der Waals surface area contributed by atoms with Crippen LogP contribution in [0.1, 0.15) is 38.2 Å². The zero-order chi connectivity index (χ0) is 22.5. The van der Waals surface area contributed by atoms with E-state index in [0.29, 0.717) is 24.4 Å². The van der Waals surface area contributed by atoms with Crippen LogP contribution >= 0.6 is 12.2 Å². The molecule has 3 N–H and O–H groups in total. The number of rotatable bonds is 10. The lowest BCUT2D eigenvalue weighted by atomic mass is 10.1. The number of benzene rings is 2. The fourth-order valence-corrected chi connectivity index (χ4v) is 2.90. The molecule has 31 heavy (non-hydrogen) atoms. The maximum absolute atomic E-state index is 12.0. The highest BCUT2D eigenvalue weighted by Crippen LogP contribution is 2.15. The molecule has 2 rings (SSSR count). The van der Waals surface area contributed by atoms with Gasteiger partial charge in [0.25, 0.3) is 0 Å². The summed E-state index contributed by atoms with van der Waals surface area (Å²) in [6.45, 7) is 2.09. The normalized spacial score (nSPS) is 10.1. The van der Waals surface area contributed by atoms with E-state index in [1.165, 1.54) is 5.56 Å². The van der Waals surface area contributed by atoms with Gasteiger partial charge in [-0.25, -0.2) is 0 Å². The van der Waals surface area contributed by atoms with Gasteiger partial charge in [-0.1, -0.05) is 43.3 Å². The number of amides is 2. The molecule has 0 unspecified atom stereocenters. The maximum atomic E-state index is 12.0. The first-order chi connectivity index (χ1) is 15.0. The number of hydrogen-bond acceptors (Lipinski definition) is 5. The van der Waals surface area contributed by atoms with Gasteiger partial charge in [-0.15, -0.1) is 0 Å². The van der Waals surface area contributed by atoms with Gasteiger partial charge in [0.2, 0.25) is 11.8 Å². The molecule has 0 saturated carbocycles. The van der Waals surface area contributed by atoms with Gasteiger partial charge in [0.1, 0.15) is 0 Å². The minimum Gasteiger partial charge on any atom is -0.466 e. The Labute approximate surface area is 187 Å². The van der Waals surface area contributed by atoms with E-state index in [9.17, 15) is 14.4 Å². The largest absolute Gasteiger partial charge is 0.466 e. The Morgan fingerprint density at radius 2 is 1.61 bits per heavy atom. The van der Waals surface area contributed by atoms with Gasteiger partial charge in [-0.2, -0.15) is 0 Å². The highest BCUT2D eigenvalue weighted by Gasteiger charge is 2.10. The molecule has 0 radical (unpaired) electrons. The molecule has 2 amide bonds. The van der Waals surface area contributed by atoms with Crippen LogP contribution < -0.4 is 16.0 Å². The van der Waals surface area contributed by atoms with Crippen LogP contribution in [-0.2, 0) is 25.5 Å². The van der Waals surface area contributed by atoms with Gasteiger partial charge in [0.15, 0.2) is 5.11 Å².